The molecule has 4 heterocycles. The molecule has 5 rings (SSSR count). The Balaban J connectivity index is 1.27. The van der Waals surface area contributed by atoms with E-state index < -0.39 is 11.4 Å². The predicted molar refractivity (Wildman–Crippen MR) is 129 cm³/mol. The largest absolute Gasteiger partial charge is 0.489 e. The first kappa shape index (κ1) is 24.3. The Kier molecular flexibility index (Phi) is 6.23. The molecule has 0 spiro atoms. The summed E-state index contributed by atoms with van der Waals surface area (Å²) in [7, 11) is 0. The summed E-state index contributed by atoms with van der Waals surface area (Å²) in [6.45, 7) is 7.02. The van der Waals surface area contributed by atoms with Crippen LogP contribution in [0.4, 0.5) is 9.18 Å². The molecule has 2 aliphatic rings. The van der Waals surface area contributed by atoms with Crippen molar-refractivity contribution in [1.29, 1.82) is 0 Å². The van der Waals surface area contributed by atoms with Gasteiger partial charge in [-0.25, -0.2) is 18.7 Å². The van der Waals surface area contributed by atoms with E-state index in [1.54, 1.807) is 26.7 Å². The van der Waals surface area contributed by atoms with Gasteiger partial charge >= 0.3 is 6.09 Å². The fourth-order valence-corrected chi connectivity index (χ4v) is 4.61. The normalized spacial score (nSPS) is 16.4. The molecule has 1 aromatic carbocycles. The lowest BCUT2D eigenvalue weighted by molar-refractivity contribution is 0.0126. The van der Waals surface area contributed by atoms with Gasteiger partial charge in [-0.2, -0.15) is 5.10 Å². The molecule has 36 heavy (non-hydrogen) atoms. The highest BCUT2D eigenvalue weighted by Crippen LogP contribution is 2.31. The molecular weight excluding hydrogens is 489 g/mol. The Hall–Kier alpha value is -3.40. The van der Waals surface area contributed by atoms with Gasteiger partial charge in [0.2, 0.25) is 0 Å². The van der Waals surface area contributed by atoms with E-state index in [2.05, 4.69) is 10.1 Å². The van der Waals surface area contributed by atoms with Crippen molar-refractivity contribution in [1.82, 2.24) is 24.4 Å². The third-order valence-electron chi connectivity index (χ3n) is 6.16. The number of benzene rings is 1. The first-order valence-corrected chi connectivity index (χ1v) is 12.2. The van der Waals surface area contributed by atoms with Crippen molar-refractivity contribution in [2.24, 2.45) is 0 Å². The number of likely N-dealkylation sites (tertiary alicyclic amines) is 1. The van der Waals surface area contributed by atoms with Crippen LogP contribution in [0.5, 0.6) is 5.75 Å². The zero-order chi connectivity index (χ0) is 25.6. The van der Waals surface area contributed by atoms with Gasteiger partial charge in [0, 0.05) is 43.8 Å². The maximum Gasteiger partial charge on any atom is 0.410 e. The van der Waals surface area contributed by atoms with Gasteiger partial charge in [0.1, 0.15) is 23.3 Å². The summed E-state index contributed by atoms with van der Waals surface area (Å²) in [5.74, 6) is -0.572. The summed E-state index contributed by atoms with van der Waals surface area (Å²) in [4.78, 5) is 33.4. The number of aromatic nitrogens is 3. The smallest absolute Gasteiger partial charge is 0.410 e. The Labute approximate surface area is 212 Å². The summed E-state index contributed by atoms with van der Waals surface area (Å²) >= 11 is 6.00. The minimum Gasteiger partial charge on any atom is -0.489 e. The number of carbonyl (C=O) groups excluding carboxylic acids is 2. The topological polar surface area (TPSA) is 89.3 Å². The molecule has 2 amide bonds. The number of hydrogen-bond donors (Lipinski definition) is 0. The third-order valence-corrected chi connectivity index (χ3v) is 6.35. The lowest BCUT2D eigenvalue weighted by Gasteiger charge is -2.33. The summed E-state index contributed by atoms with van der Waals surface area (Å²) in [6, 6.07) is 3.94. The van der Waals surface area contributed by atoms with Crippen molar-refractivity contribution in [2.45, 2.75) is 58.4 Å². The van der Waals surface area contributed by atoms with E-state index in [1.165, 1.54) is 18.2 Å². The highest BCUT2D eigenvalue weighted by atomic mass is 35.5. The monoisotopic (exact) mass is 515 g/mol. The molecule has 0 radical (unpaired) electrons. The summed E-state index contributed by atoms with van der Waals surface area (Å²) in [5, 5.41) is 4.97. The number of amides is 2. The number of rotatable bonds is 3. The van der Waals surface area contributed by atoms with Crippen LogP contribution in [-0.2, 0) is 17.8 Å². The first-order chi connectivity index (χ1) is 17.1. The first-order valence-electron chi connectivity index (χ1n) is 11.8. The highest BCUT2D eigenvalue weighted by Gasteiger charge is 2.32. The summed E-state index contributed by atoms with van der Waals surface area (Å²) in [6.07, 6.45) is 3.69. The number of nitrogens with zero attached hydrogens (tertiary/aromatic N) is 5. The van der Waals surface area contributed by atoms with Crippen LogP contribution in [0, 0.1) is 5.82 Å². The molecule has 0 saturated carbocycles. The van der Waals surface area contributed by atoms with Crippen molar-refractivity contribution in [3.63, 3.8) is 0 Å². The van der Waals surface area contributed by atoms with Crippen molar-refractivity contribution >= 4 is 29.2 Å². The van der Waals surface area contributed by atoms with Crippen LogP contribution >= 0.6 is 11.6 Å². The molecule has 3 aromatic rings. The minimum absolute atomic E-state index is 0.194. The van der Waals surface area contributed by atoms with Crippen molar-refractivity contribution in [2.75, 3.05) is 13.1 Å². The maximum atomic E-state index is 14.1. The number of hydrogen-bond acceptors (Lipinski definition) is 6. The Bertz CT molecular complexity index is 1330. The van der Waals surface area contributed by atoms with Gasteiger partial charge in [-0.3, -0.25) is 4.79 Å². The Morgan fingerprint density at radius 3 is 2.61 bits per heavy atom. The standard InChI is InChI=1S/C25H27ClFN5O4/c1-25(2,3)36-24(34)30-8-6-17(7-9-30)35-21-10-16(27)4-5-18(21)23(33)31-13-19-20(14-31)29-32-12-15(26)11-28-22(19)32/h4-5,10-12,17H,6-9,13-14H2,1-3H3. The van der Waals surface area contributed by atoms with Crippen LogP contribution < -0.4 is 4.74 Å². The van der Waals surface area contributed by atoms with Crippen LogP contribution in [0.3, 0.4) is 0 Å². The quantitative estimate of drug-likeness (QED) is 0.512. The average Bonchev–Trinajstić information content (AvgIpc) is 3.36. The second-order valence-electron chi connectivity index (χ2n) is 10.1. The second kappa shape index (κ2) is 9.24. The van der Waals surface area contributed by atoms with Crippen molar-refractivity contribution in [3.05, 3.63) is 58.3 Å². The van der Waals surface area contributed by atoms with Gasteiger partial charge in [-0.05, 0) is 32.9 Å². The molecule has 0 aliphatic carbocycles. The van der Waals surface area contributed by atoms with E-state index in [0.29, 0.717) is 49.7 Å². The molecule has 11 heteroatoms. The molecule has 0 atom stereocenters. The fraction of sp³-hybridized carbons (Fsp3) is 0.440. The lowest BCUT2D eigenvalue weighted by Crippen LogP contribution is -2.44. The summed E-state index contributed by atoms with van der Waals surface area (Å²) < 4.78 is 27.3. The van der Waals surface area contributed by atoms with Gasteiger partial charge in [-0.1, -0.05) is 11.6 Å². The minimum atomic E-state index is -0.566. The van der Waals surface area contributed by atoms with Crippen LogP contribution in [0.15, 0.2) is 30.6 Å². The molecule has 0 bridgehead atoms. The fourth-order valence-electron chi connectivity index (χ4n) is 4.47. The number of halogens is 2. The Morgan fingerprint density at radius 1 is 1.14 bits per heavy atom. The predicted octanol–water partition coefficient (Wildman–Crippen LogP) is 4.46. The lowest BCUT2D eigenvalue weighted by atomic mass is 10.1. The zero-order valence-corrected chi connectivity index (χ0v) is 21.1. The second-order valence-corrected chi connectivity index (χ2v) is 10.5. The van der Waals surface area contributed by atoms with Gasteiger partial charge in [-0.15, -0.1) is 0 Å². The number of piperidine rings is 1. The van der Waals surface area contributed by atoms with E-state index in [4.69, 9.17) is 21.1 Å². The molecule has 0 unspecified atom stereocenters. The molecule has 0 N–H and O–H groups in total. The molecule has 1 fully saturated rings. The molecule has 2 aromatic heterocycles. The van der Waals surface area contributed by atoms with Crippen molar-refractivity contribution < 1.29 is 23.5 Å². The SMILES string of the molecule is CC(C)(C)OC(=O)N1CCC(Oc2cc(F)ccc2C(=O)N2Cc3nn4cc(Cl)cnc4c3C2)CC1. The van der Waals surface area contributed by atoms with Gasteiger partial charge in [0.25, 0.3) is 5.91 Å². The third kappa shape index (κ3) is 4.95. The molecular formula is C25H27ClFN5O4. The van der Waals surface area contributed by atoms with E-state index in [0.717, 1.165) is 11.3 Å². The molecule has 9 nitrogen and oxygen atoms in total. The number of ether oxygens (including phenoxy) is 2. The number of carbonyl (C=O) groups is 2. The van der Waals surface area contributed by atoms with Crippen LogP contribution in [0.1, 0.15) is 55.2 Å². The highest BCUT2D eigenvalue weighted by molar-refractivity contribution is 6.30. The molecule has 2 aliphatic heterocycles. The molecule has 190 valence electrons. The average molecular weight is 516 g/mol. The van der Waals surface area contributed by atoms with Crippen LogP contribution in [-0.4, -0.2) is 61.2 Å². The van der Waals surface area contributed by atoms with E-state index in [1.807, 2.05) is 20.8 Å². The van der Waals surface area contributed by atoms with Gasteiger partial charge in [0.15, 0.2) is 5.65 Å². The van der Waals surface area contributed by atoms with Crippen LogP contribution in [0.25, 0.3) is 5.65 Å². The number of fused-ring (bicyclic) bond motifs is 3. The Morgan fingerprint density at radius 2 is 1.89 bits per heavy atom. The zero-order valence-electron chi connectivity index (χ0n) is 20.3. The van der Waals surface area contributed by atoms with E-state index in [9.17, 15) is 14.0 Å². The molecule has 1 saturated heterocycles. The maximum absolute atomic E-state index is 14.1. The van der Waals surface area contributed by atoms with Crippen molar-refractivity contribution in [3.8, 4) is 5.75 Å². The van der Waals surface area contributed by atoms with E-state index >= 15 is 0 Å². The summed E-state index contributed by atoms with van der Waals surface area (Å²) in [5.41, 5.74) is 1.97. The van der Waals surface area contributed by atoms with Crippen LogP contribution in [0.2, 0.25) is 5.02 Å². The van der Waals surface area contributed by atoms with Gasteiger partial charge < -0.3 is 19.3 Å². The van der Waals surface area contributed by atoms with Gasteiger partial charge in [0.05, 0.1) is 35.6 Å². The van der Waals surface area contributed by atoms with E-state index in [-0.39, 0.29) is 29.4 Å².